The van der Waals surface area contributed by atoms with Gasteiger partial charge in [-0.05, 0) is 36.4 Å². The van der Waals surface area contributed by atoms with Gasteiger partial charge in [-0.15, -0.1) is 10.2 Å². The van der Waals surface area contributed by atoms with Crippen molar-refractivity contribution in [3.63, 3.8) is 0 Å². The minimum atomic E-state index is -0.219. The van der Waals surface area contributed by atoms with Crippen molar-refractivity contribution in [2.24, 2.45) is 7.05 Å². The van der Waals surface area contributed by atoms with Crippen molar-refractivity contribution in [3.8, 4) is 0 Å². The lowest BCUT2D eigenvalue weighted by Crippen LogP contribution is -2.14. The molecule has 2 rings (SSSR count). The molecule has 19 heavy (non-hydrogen) atoms. The number of halogens is 1. The zero-order valence-electron chi connectivity index (χ0n) is 11.1. The van der Waals surface area contributed by atoms with Gasteiger partial charge in [0.25, 0.3) is 0 Å². The lowest BCUT2D eigenvalue weighted by atomic mass is 10.2. The van der Waals surface area contributed by atoms with Gasteiger partial charge in [0.2, 0.25) is 0 Å². The molecule has 102 valence electrons. The average molecular weight is 280 g/mol. The lowest BCUT2D eigenvalue weighted by molar-refractivity contribution is 0.588. The molecule has 1 aromatic heterocycles. The van der Waals surface area contributed by atoms with Gasteiger partial charge < -0.3 is 9.88 Å². The summed E-state index contributed by atoms with van der Waals surface area (Å²) in [6, 6.07) is 5.14. The molecule has 0 aliphatic heterocycles. The number of aromatic nitrogens is 3. The molecule has 0 radical (unpaired) electrons. The Morgan fingerprint density at radius 2 is 2.26 bits per heavy atom. The summed E-state index contributed by atoms with van der Waals surface area (Å²) in [5.41, 5.74) is 0.946. The van der Waals surface area contributed by atoms with Crippen LogP contribution in [-0.2, 0) is 13.6 Å². The second-order valence-electron chi connectivity index (χ2n) is 4.23. The number of nitrogens with zero attached hydrogens (tertiary/aromatic N) is 3. The highest BCUT2D eigenvalue weighted by Crippen LogP contribution is 2.31. The Bertz CT molecular complexity index is 541. The molecule has 0 aliphatic rings. The van der Waals surface area contributed by atoms with Crippen molar-refractivity contribution in [3.05, 3.63) is 35.9 Å². The van der Waals surface area contributed by atoms with Crippen molar-refractivity contribution in [1.82, 2.24) is 20.1 Å². The molecule has 2 aromatic rings. The third kappa shape index (κ3) is 3.54. The summed E-state index contributed by atoms with van der Waals surface area (Å²) in [5.74, 6) is -0.219. The van der Waals surface area contributed by atoms with Gasteiger partial charge in [0.1, 0.15) is 12.1 Å². The number of hydrogen-bond acceptors (Lipinski definition) is 4. The smallest absolute Gasteiger partial charge is 0.195 e. The lowest BCUT2D eigenvalue weighted by Gasteiger charge is -2.10. The Labute approximate surface area is 116 Å². The van der Waals surface area contributed by atoms with Crippen LogP contribution in [0.2, 0.25) is 0 Å². The largest absolute Gasteiger partial charge is 0.313 e. The molecule has 0 aliphatic carbocycles. The minimum Gasteiger partial charge on any atom is -0.313 e. The Kier molecular flexibility index (Phi) is 4.93. The number of benzene rings is 1. The van der Waals surface area contributed by atoms with E-state index in [-0.39, 0.29) is 5.82 Å². The maximum atomic E-state index is 14.0. The van der Waals surface area contributed by atoms with E-state index in [1.807, 2.05) is 13.1 Å². The molecular formula is C13H17FN4S. The van der Waals surface area contributed by atoms with Crippen LogP contribution in [0.4, 0.5) is 4.39 Å². The standard InChI is InChI=1S/C13H17FN4S/c1-3-7-15-8-10-5-4-6-11(14)12(10)19-13-17-16-9-18(13)2/h4-6,9,15H,3,7-8H2,1-2H3. The van der Waals surface area contributed by atoms with Gasteiger partial charge in [-0.3, -0.25) is 0 Å². The average Bonchev–Trinajstić information content (AvgIpc) is 2.79. The first-order chi connectivity index (χ1) is 9.22. The van der Waals surface area contributed by atoms with E-state index >= 15 is 0 Å². The molecule has 0 bridgehead atoms. The van der Waals surface area contributed by atoms with Crippen LogP contribution in [0.25, 0.3) is 0 Å². The molecular weight excluding hydrogens is 263 g/mol. The second kappa shape index (κ2) is 6.68. The van der Waals surface area contributed by atoms with Crippen LogP contribution in [0.1, 0.15) is 18.9 Å². The van der Waals surface area contributed by atoms with Crippen LogP contribution >= 0.6 is 11.8 Å². The quantitative estimate of drug-likeness (QED) is 0.826. The zero-order chi connectivity index (χ0) is 13.7. The highest BCUT2D eigenvalue weighted by atomic mass is 32.2. The predicted molar refractivity (Wildman–Crippen MR) is 73.5 cm³/mol. The van der Waals surface area contributed by atoms with E-state index in [2.05, 4.69) is 22.4 Å². The molecule has 1 aromatic carbocycles. The van der Waals surface area contributed by atoms with Gasteiger partial charge in [0.05, 0.1) is 4.90 Å². The number of nitrogens with one attached hydrogen (secondary N) is 1. The summed E-state index contributed by atoms with van der Waals surface area (Å²) in [6.45, 7) is 3.68. The Hall–Kier alpha value is -1.40. The predicted octanol–water partition coefficient (Wildman–Crippen LogP) is 2.61. The fourth-order valence-electron chi connectivity index (χ4n) is 1.66. The van der Waals surface area contributed by atoms with E-state index in [4.69, 9.17) is 0 Å². The van der Waals surface area contributed by atoms with E-state index < -0.39 is 0 Å². The molecule has 0 fully saturated rings. The van der Waals surface area contributed by atoms with Crippen molar-refractivity contribution in [1.29, 1.82) is 0 Å². The van der Waals surface area contributed by atoms with Crippen molar-refractivity contribution in [2.75, 3.05) is 6.54 Å². The van der Waals surface area contributed by atoms with Crippen LogP contribution in [0.5, 0.6) is 0 Å². The summed E-state index contributed by atoms with van der Waals surface area (Å²) in [4.78, 5) is 0.613. The van der Waals surface area contributed by atoms with Gasteiger partial charge >= 0.3 is 0 Å². The molecule has 0 spiro atoms. The monoisotopic (exact) mass is 280 g/mol. The molecule has 1 heterocycles. The summed E-state index contributed by atoms with van der Waals surface area (Å²) in [5, 5.41) is 11.8. The fraction of sp³-hybridized carbons (Fsp3) is 0.385. The van der Waals surface area contributed by atoms with Crippen molar-refractivity contribution < 1.29 is 4.39 Å². The summed E-state index contributed by atoms with van der Waals surface area (Å²) < 4.78 is 15.8. The first-order valence-electron chi connectivity index (χ1n) is 6.22. The Morgan fingerprint density at radius 1 is 1.42 bits per heavy atom. The number of hydrogen-bond donors (Lipinski definition) is 1. The second-order valence-corrected chi connectivity index (χ2v) is 5.21. The maximum Gasteiger partial charge on any atom is 0.195 e. The maximum absolute atomic E-state index is 14.0. The number of aryl methyl sites for hydroxylation is 1. The van der Waals surface area contributed by atoms with Crippen LogP contribution in [0.15, 0.2) is 34.6 Å². The molecule has 6 heteroatoms. The van der Waals surface area contributed by atoms with Crippen LogP contribution in [0, 0.1) is 5.82 Å². The Balaban J connectivity index is 2.20. The molecule has 4 nitrogen and oxygen atoms in total. The van der Waals surface area contributed by atoms with Gasteiger partial charge in [-0.1, -0.05) is 19.1 Å². The fourth-order valence-corrected chi connectivity index (χ4v) is 2.56. The van der Waals surface area contributed by atoms with Crippen molar-refractivity contribution >= 4 is 11.8 Å². The summed E-state index contributed by atoms with van der Waals surface area (Å²) in [6.07, 6.45) is 2.67. The first-order valence-corrected chi connectivity index (χ1v) is 7.04. The van der Waals surface area contributed by atoms with Gasteiger partial charge in [-0.2, -0.15) is 0 Å². The molecule has 0 atom stereocenters. The van der Waals surface area contributed by atoms with E-state index in [1.54, 1.807) is 17.0 Å². The third-order valence-electron chi connectivity index (χ3n) is 2.65. The first kappa shape index (κ1) is 14.0. The van der Waals surface area contributed by atoms with E-state index in [0.29, 0.717) is 16.6 Å². The van der Waals surface area contributed by atoms with E-state index in [0.717, 1.165) is 18.5 Å². The van der Waals surface area contributed by atoms with Crippen LogP contribution in [0.3, 0.4) is 0 Å². The zero-order valence-corrected chi connectivity index (χ0v) is 11.9. The molecule has 1 N–H and O–H groups in total. The van der Waals surface area contributed by atoms with Crippen LogP contribution < -0.4 is 5.32 Å². The molecule has 0 amide bonds. The minimum absolute atomic E-state index is 0.219. The van der Waals surface area contributed by atoms with Crippen LogP contribution in [-0.4, -0.2) is 21.3 Å². The molecule has 0 saturated heterocycles. The Morgan fingerprint density at radius 3 is 2.95 bits per heavy atom. The van der Waals surface area contributed by atoms with E-state index in [9.17, 15) is 4.39 Å². The van der Waals surface area contributed by atoms with Crippen molar-refractivity contribution in [2.45, 2.75) is 29.9 Å². The highest BCUT2D eigenvalue weighted by Gasteiger charge is 2.12. The van der Waals surface area contributed by atoms with Gasteiger partial charge in [-0.25, -0.2) is 4.39 Å². The molecule has 0 saturated carbocycles. The topological polar surface area (TPSA) is 42.7 Å². The SMILES string of the molecule is CCCNCc1cccc(F)c1Sc1nncn1C. The third-order valence-corrected chi connectivity index (χ3v) is 3.87. The highest BCUT2D eigenvalue weighted by molar-refractivity contribution is 7.99. The number of rotatable bonds is 6. The normalized spacial score (nSPS) is 10.9. The summed E-state index contributed by atoms with van der Waals surface area (Å²) in [7, 11) is 1.85. The molecule has 0 unspecified atom stereocenters. The van der Waals surface area contributed by atoms with E-state index in [1.165, 1.54) is 17.8 Å². The summed E-state index contributed by atoms with van der Waals surface area (Å²) >= 11 is 1.31. The van der Waals surface area contributed by atoms with Gasteiger partial charge in [0.15, 0.2) is 5.16 Å². The van der Waals surface area contributed by atoms with Gasteiger partial charge in [0, 0.05) is 13.6 Å².